The summed E-state index contributed by atoms with van der Waals surface area (Å²) >= 11 is 0. The lowest BCUT2D eigenvalue weighted by Crippen LogP contribution is -2.44. The Kier molecular flexibility index (Phi) is 7.35. The Morgan fingerprint density at radius 1 is 0.898 bits per heavy atom. The number of imide groups is 1. The lowest BCUT2D eigenvalue weighted by molar-refractivity contribution is -0.135. The number of imidazole rings is 1. The van der Waals surface area contributed by atoms with Crippen molar-refractivity contribution in [3.8, 4) is 16.9 Å². The van der Waals surface area contributed by atoms with Crippen molar-refractivity contribution in [1.29, 1.82) is 0 Å². The highest BCUT2D eigenvalue weighted by molar-refractivity contribution is 7.92. The van der Waals surface area contributed by atoms with Crippen molar-refractivity contribution in [3.63, 3.8) is 0 Å². The second kappa shape index (κ2) is 11.5. The van der Waals surface area contributed by atoms with Crippen molar-refractivity contribution in [2.24, 2.45) is 7.05 Å². The van der Waals surface area contributed by atoms with E-state index in [1.165, 1.54) is 27.3 Å². The van der Waals surface area contributed by atoms with Crippen LogP contribution < -0.4 is 30.7 Å². The van der Waals surface area contributed by atoms with E-state index in [-0.39, 0.29) is 40.9 Å². The monoisotopic (exact) mass is 687 g/mol. The van der Waals surface area contributed by atoms with Crippen molar-refractivity contribution >= 4 is 72.8 Å². The fourth-order valence-electron chi connectivity index (χ4n) is 6.11. The third-order valence-corrected chi connectivity index (χ3v) is 9.82. The number of phenolic OH excluding ortho intramolecular Hbond substituents is 1. The van der Waals surface area contributed by atoms with E-state index in [4.69, 9.17) is 0 Å². The number of phenols is 1. The van der Waals surface area contributed by atoms with Gasteiger partial charge < -0.3 is 15.7 Å². The van der Waals surface area contributed by atoms with Gasteiger partial charge in [0.1, 0.15) is 24.0 Å². The standard InChI is InChI=1S/C32H26FN7O8S/c1-38-24-13-17(4-9-22(24)40(32(38)46)23-10-11-26(42)36-30(23)44)16-2-5-19(6-3-16)34-31(45)35-20-7-8-21-18(12-20)14-25(41)29(28(21)33)39-15-27(43)37-49(39,47)48/h2-9,12-14,23,41H,10-11,15H2,1H3,(H,37,43)(H2,34,35,45)(H,36,42,44). The van der Waals surface area contributed by atoms with E-state index >= 15 is 4.39 Å². The van der Waals surface area contributed by atoms with Crippen LogP contribution in [0.4, 0.5) is 26.2 Å². The van der Waals surface area contributed by atoms with Gasteiger partial charge >= 0.3 is 21.9 Å². The van der Waals surface area contributed by atoms with E-state index in [2.05, 4.69) is 16.0 Å². The van der Waals surface area contributed by atoms with Gasteiger partial charge in [0.15, 0.2) is 5.82 Å². The number of aryl methyl sites for hydroxylation is 1. The van der Waals surface area contributed by atoms with E-state index < -0.39 is 57.9 Å². The maximum atomic E-state index is 15.4. The van der Waals surface area contributed by atoms with Gasteiger partial charge in [-0.15, -0.1) is 0 Å². The van der Waals surface area contributed by atoms with Crippen LogP contribution in [0.1, 0.15) is 18.9 Å². The Hall–Kier alpha value is -6.23. The first kappa shape index (κ1) is 31.4. The molecule has 49 heavy (non-hydrogen) atoms. The minimum absolute atomic E-state index is 0.0466. The summed E-state index contributed by atoms with van der Waals surface area (Å²) in [5.41, 5.74) is 2.37. The Morgan fingerprint density at radius 2 is 1.59 bits per heavy atom. The molecule has 0 saturated carbocycles. The molecule has 1 aromatic heterocycles. The zero-order valence-corrected chi connectivity index (χ0v) is 26.3. The number of benzene rings is 4. The SMILES string of the molecule is Cn1c(=O)n(C2CCC(=O)NC2=O)c2ccc(-c3ccc(NC(=O)Nc4ccc5c(F)c(N6CC(=O)NS6(=O)=O)c(O)cc5c4)cc3)cc21. The highest BCUT2D eigenvalue weighted by Crippen LogP contribution is 2.39. The van der Waals surface area contributed by atoms with Crippen LogP contribution in [0.25, 0.3) is 32.9 Å². The number of aromatic hydroxyl groups is 1. The van der Waals surface area contributed by atoms with E-state index in [0.717, 1.165) is 17.2 Å². The molecule has 5 N–H and O–H groups in total. The normalized spacial score (nSPS) is 17.3. The van der Waals surface area contributed by atoms with Crippen LogP contribution in [0, 0.1) is 5.82 Å². The fraction of sp³-hybridized carbons (Fsp3) is 0.156. The zero-order chi connectivity index (χ0) is 34.8. The van der Waals surface area contributed by atoms with Crippen LogP contribution in [-0.4, -0.2) is 53.0 Å². The Morgan fingerprint density at radius 3 is 2.29 bits per heavy atom. The van der Waals surface area contributed by atoms with Crippen LogP contribution in [-0.2, 0) is 31.6 Å². The molecule has 1 unspecified atom stereocenters. The quantitative estimate of drug-likeness (QED) is 0.174. The van der Waals surface area contributed by atoms with Crippen LogP contribution in [0.5, 0.6) is 5.75 Å². The first-order valence-corrected chi connectivity index (χ1v) is 16.3. The molecule has 1 atom stereocenters. The van der Waals surface area contributed by atoms with E-state index in [0.29, 0.717) is 21.0 Å². The molecule has 0 aliphatic carbocycles. The number of hydrogen-bond donors (Lipinski definition) is 5. The van der Waals surface area contributed by atoms with Crippen LogP contribution >= 0.6 is 0 Å². The molecule has 5 amide bonds. The number of fused-ring (bicyclic) bond motifs is 2. The predicted octanol–water partition coefficient (Wildman–Crippen LogP) is 2.81. The third-order valence-electron chi connectivity index (χ3n) is 8.45. The summed E-state index contributed by atoms with van der Waals surface area (Å²) in [6.45, 7) is -0.685. The Labute approximate surface area is 276 Å². The van der Waals surface area contributed by atoms with Crippen molar-refractivity contribution in [2.75, 3.05) is 21.5 Å². The number of aromatic nitrogens is 2. The molecule has 0 bridgehead atoms. The number of piperidine rings is 1. The highest BCUT2D eigenvalue weighted by Gasteiger charge is 2.38. The molecule has 2 aliphatic heterocycles. The summed E-state index contributed by atoms with van der Waals surface area (Å²) in [5, 5.41) is 18.2. The minimum Gasteiger partial charge on any atom is -0.506 e. The van der Waals surface area contributed by atoms with E-state index in [1.807, 2.05) is 12.1 Å². The summed E-state index contributed by atoms with van der Waals surface area (Å²) in [5.74, 6) is -3.51. The lowest BCUT2D eigenvalue weighted by atomic mass is 10.0. The molecule has 17 heteroatoms. The lowest BCUT2D eigenvalue weighted by Gasteiger charge is -2.21. The second-order valence-electron chi connectivity index (χ2n) is 11.6. The number of rotatable bonds is 5. The molecular formula is C32H26FN7O8S. The van der Waals surface area contributed by atoms with Gasteiger partial charge in [0.25, 0.3) is 5.91 Å². The average Bonchev–Trinajstić information content (AvgIpc) is 3.46. The summed E-state index contributed by atoms with van der Waals surface area (Å²) in [4.78, 5) is 61.6. The first-order valence-electron chi connectivity index (χ1n) is 14.8. The van der Waals surface area contributed by atoms with Crippen molar-refractivity contribution in [3.05, 3.63) is 83.0 Å². The smallest absolute Gasteiger partial charge is 0.329 e. The largest absolute Gasteiger partial charge is 0.506 e. The molecule has 7 rings (SSSR count). The molecule has 0 radical (unpaired) electrons. The molecule has 2 aliphatic rings. The van der Waals surface area contributed by atoms with E-state index in [9.17, 15) is 37.5 Å². The molecule has 5 aromatic rings. The molecule has 0 spiro atoms. The topological polar surface area (TPSA) is 201 Å². The Balaban J connectivity index is 1.06. The number of nitrogens with zero attached hydrogens (tertiary/aromatic N) is 3. The predicted molar refractivity (Wildman–Crippen MR) is 177 cm³/mol. The molecule has 15 nitrogen and oxygen atoms in total. The zero-order valence-electron chi connectivity index (χ0n) is 25.5. The number of urea groups is 1. The Bertz CT molecular complexity index is 2440. The van der Waals surface area contributed by atoms with Gasteiger partial charge in [0, 0.05) is 30.2 Å². The van der Waals surface area contributed by atoms with Gasteiger partial charge in [-0.1, -0.05) is 18.2 Å². The van der Waals surface area contributed by atoms with Crippen LogP contribution in [0.2, 0.25) is 0 Å². The number of nitrogens with one attached hydrogen (secondary N) is 4. The first-order chi connectivity index (χ1) is 23.3. The maximum Gasteiger partial charge on any atom is 0.329 e. The number of hydrogen-bond acceptors (Lipinski definition) is 8. The van der Waals surface area contributed by atoms with Gasteiger partial charge in [-0.3, -0.25) is 28.8 Å². The van der Waals surface area contributed by atoms with Gasteiger partial charge in [-0.25, -0.2) is 23.0 Å². The number of carbonyl (C=O) groups excluding carboxylic acids is 4. The minimum atomic E-state index is -4.36. The van der Waals surface area contributed by atoms with E-state index in [1.54, 1.807) is 42.1 Å². The molecule has 2 saturated heterocycles. The fourth-order valence-corrected chi connectivity index (χ4v) is 7.27. The number of amides is 5. The summed E-state index contributed by atoms with van der Waals surface area (Å²) < 4.78 is 44.8. The van der Waals surface area contributed by atoms with Crippen molar-refractivity contribution in [2.45, 2.75) is 18.9 Å². The van der Waals surface area contributed by atoms with Crippen molar-refractivity contribution in [1.82, 2.24) is 19.2 Å². The molecular weight excluding hydrogens is 661 g/mol. The summed E-state index contributed by atoms with van der Waals surface area (Å²) in [7, 11) is -2.75. The molecule has 2 fully saturated rings. The summed E-state index contributed by atoms with van der Waals surface area (Å²) in [6.07, 6.45) is 0.369. The number of carbonyl (C=O) groups is 4. The highest BCUT2D eigenvalue weighted by atomic mass is 32.2. The van der Waals surface area contributed by atoms with Crippen LogP contribution in [0.3, 0.4) is 0 Å². The molecule has 250 valence electrons. The second-order valence-corrected chi connectivity index (χ2v) is 13.2. The van der Waals surface area contributed by atoms with Crippen LogP contribution in [0.15, 0.2) is 71.5 Å². The van der Waals surface area contributed by atoms with Gasteiger partial charge in [-0.05, 0) is 71.5 Å². The molecule has 4 aromatic carbocycles. The number of halogens is 1. The molecule has 3 heterocycles. The van der Waals surface area contributed by atoms with Crippen molar-refractivity contribution < 1.29 is 37.1 Å². The third kappa shape index (κ3) is 5.48. The maximum absolute atomic E-state index is 15.4. The van der Waals surface area contributed by atoms with Gasteiger partial charge in [-0.2, -0.15) is 8.42 Å². The number of anilines is 3. The summed E-state index contributed by atoms with van der Waals surface area (Å²) in [6, 6.07) is 16.1. The average molecular weight is 688 g/mol. The van der Waals surface area contributed by atoms with Gasteiger partial charge in [0.2, 0.25) is 11.8 Å². The van der Waals surface area contributed by atoms with Gasteiger partial charge in [0.05, 0.1) is 11.0 Å².